The van der Waals surface area contributed by atoms with Crippen LogP contribution in [0.25, 0.3) is 5.52 Å². The van der Waals surface area contributed by atoms with Gasteiger partial charge in [-0.1, -0.05) is 13.8 Å². The molecule has 0 aliphatic heterocycles. The highest BCUT2D eigenvalue weighted by Gasteiger charge is 2.06. The Hall–Kier alpha value is -1.31. The Morgan fingerprint density at radius 1 is 1.46 bits per heavy atom. The van der Waals surface area contributed by atoms with E-state index in [1.165, 1.54) is 11.2 Å². The lowest BCUT2D eigenvalue weighted by atomic mass is 10.1. The van der Waals surface area contributed by atoms with Crippen LogP contribution in [0.3, 0.4) is 0 Å². The van der Waals surface area contributed by atoms with Gasteiger partial charge in [-0.15, -0.1) is 0 Å². The van der Waals surface area contributed by atoms with Gasteiger partial charge in [0.2, 0.25) is 0 Å². The molecular weight excluding hydrogens is 160 g/mol. The second-order valence-corrected chi connectivity index (χ2v) is 3.44. The van der Waals surface area contributed by atoms with Crippen molar-refractivity contribution in [3.63, 3.8) is 0 Å². The molecule has 0 spiro atoms. The summed E-state index contributed by atoms with van der Waals surface area (Å²) in [5.41, 5.74) is 2.47. The van der Waals surface area contributed by atoms with E-state index in [4.69, 9.17) is 0 Å². The largest absolute Gasteiger partial charge is 0.318 e. The van der Waals surface area contributed by atoms with Crippen LogP contribution in [-0.4, -0.2) is 9.38 Å². The van der Waals surface area contributed by atoms with Gasteiger partial charge in [0.15, 0.2) is 0 Å². The number of aromatic nitrogens is 2. The first kappa shape index (κ1) is 8.30. The summed E-state index contributed by atoms with van der Waals surface area (Å²) in [6.45, 7) is 4.43. The van der Waals surface area contributed by atoms with E-state index in [1.54, 1.807) is 0 Å². The van der Waals surface area contributed by atoms with Crippen molar-refractivity contribution in [1.29, 1.82) is 0 Å². The third-order valence-electron chi connectivity index (χ3n) is 2.59. The van der Waals surface area contributed by atoms with E-state index >= 15 is 0 Å². The van der Waals surface area contributed by atoms with Gasteiger partial charge in [0.05, 0.1) is 11.7 Å². The fourth-order valence-corrected chi connectivity index (χ4v) is 1.56. The molecule has 0 bridgehead atoms. The topological polar surface area (TPSA) is 17.3 Å². The minimum Gasteiger partial charge on any atom is -0.318 e. The van der Waals surface area contributed by atoms with Crippen molar-refractivity contribution in [3.8, 4) is 0 Å². The quantitative estimate of drug-likeness (QED) is 0.684. The van der Waals surface area contributed by atoms with Gasteiger partial charge < -0.3 is 4.40 Å². The van der Waals surface area contributed by atoms with Crippen LogP contribution < -0.4 is 0 Å². The summed E-state index contributed by atoms with van der Waals surface area (Å²) in [4.78, 5) is 4.23. The van der Waals surface area contributed by atoms with Crippen molar-refractivity contribution < 1.29 is 0 Å². The molecule has 2 nitrogen and oxygen atoms in total. The standard InChI is InChI=1S/C11H14N2/c1-3-9(2)11-8-12-7-10-5-4-6-13(10)11/h4-9H,3H2,1-2H3. The maximum atomic E-state index is 4.23. The zero-order chi connectivity index (χ0) is 9.26. The van der Waals surface area contributed by atoms with Gasteiger partial charge in [-0.25, -0.2) is 0 Å². The Kier molecular flexibility index (Phi) is 2.05. The zero-order valence-electron chi connectivity index (χ0n) is 8.07. The Morgan fingerprint density at radius 2 is 2.31 bits per heavy atom. The highest BCUT2D eigenvalue weighted by molar-refractivity contribution is 5.46. The Labute approximate surface area is 78.2 Å². The molecule has 2 aromatic rings. The number of hydrogen-bond donors (Lipinski definition) is 0. The molecule has 0 saturated carbocycles. The van der Waals surface area contributed by atoms with E-state index in [-0.39, 0.29) is 0 Å². The summed E-state index contributed by atoms with van der Waals surface area (Å²) >= 11 is 0. The van der Waals surface area contributed by atoms with Crippen molar-refractivity contribution in [1.82, 2.24) is 9.38 Å². The molecule has 0 aliphatic carbocycles. The number of nitrogens with zero attached hydrogens (tertiary/aromatic N) is 2. The van der Waals surface area contributed by atoms with Gasteiger partial charge in [-0.2, -0.15) is 0 Å². The van der Waals surface area contributed by atoms with Gasteiger partial charge in [0, 0.05) is 18.1 Å². The number of rotatable bonds is 2. The van der Waals surface area contributed by atoms with Crippen molar-refractivity contribution in [2.24, 2.45) is 0 Å². The fourth-order valence-electron chi connectivity index (χ4n) is 1.56. The molecule has 0 aliphatic rings. The molecule has 2 aromatic heterocycles. The molecule has 2 heterocycles. The minimum absolute atomic E-state index is 0.573. The van der Waals surface area contributed by atoms with Gasteiger partial charge in [0.1, 0.15) is 0 Å². The molecule has 1 unspecified atom stereocenters. The lowest BCUT2D eigenvalue weighted by Crippen LogP contribution is -2.00. The van der Waals surface area contributed by atoms with Crippen LogP contribution in [0, 0.1) is 0 Å². The van der Waals surface area contributed by atoms with Crippen LogP contribution >= 0.6 is 0 Å². The summed E-state index contributed by atoms with van der Waals surface area (Å²) in [6, 6.07) is 4.14. The SMILES string of the molecule is CCC(C)c1cncc2cccn12. The van der Waals surface area contributed by atoms with Crippen LogP contribution in [0.1, 0.15) is 31.9 Å². The lowest BCUT2D eigenvalue weighted by Gasteiger charge is -2.10. The predicted molar refractivity (Wildman–Crippen MR) is 53.9 cm³/mol. The summed E-state index contributed by atoms with van der Waals surface area (Å²) in [7, 11) is 0. The summed E-state index contributed by atoms with van der Waals surface area (Å²) in [5, 5.41) is 0. The third-order valence-corrected chi connectivity index (χ3v) is 2.59. The maximum Gasteiger partial charge on any atom is 0.0636 e. The van der Waals surface area contributed by atoms with Crippen LogP contribution in [-0.2, 0) is 0 Å². The predicted octanol–water partition coefficient (Wildman–Crippen LogP) is 2.85. The second kappa shape index (κ2) is 3.21. The van der Waals surface area contributed by atoms with Crippen LogP contribution in [0.15, 0.2) is 30.7 Å². The monoisotopic (exact) mass is 174 g/mol. The molecular formula is C11H14N2. The molecule has 2 rings (SSSR count). The highest BCUT2D eigenvalue weighted by atomic mass is 14.9. The van der Waals surface area contributed by atoms with Crippen LogP contribution in [0.2, 0.25) is 0 Å². The van der Waals surface area contributed by atoms with Crippen molar-refractivity contribution in [2.45, 2.75) is 26.2 Å². The molecule has 0 radical (unpaired) electrons. The van der Waals surface area contributed by atoms with Crippen molar-refractivity contribution >= 4 is 5.52 Å². The summed E-state index contributed by atoms with van der Waals surface area (Å²) in [5.74, 6) is 0.573. The zero-order valence-corrected chi connectivity index (χ0v) is 8.07. The van der Waals surface area contributed by atoms with E-state index in [9.17, 15) is 0 Å². The van der Waals surface area contributed by atoms with Gasteiger partial charge >= 0.3 is 0 Å². The third kappa shape index (κ3) is 1.32. The van der Waals surface area contributed by atoms with Crippen LogP contribution in [0.5, 0.6) is 0 Å². The van der Waals surface area contributed by atoms with E-state index in [0.29, 0.717) is 5.92 Å². The first-order chi connectivity index (χ1) is 6.33. The smallest absolute Gasteiger partial charge is 0.0636 e. The maximum absolute atomic E-state index is 4.23. The minimum atomic E-state index is 0.573. The van der Waals surface area contributed by atoms with Gasteiger partial charge in [-0.3, -0.25) is 4.98 Å². The average molecular weight is 174 g/mol. The molecule has 0 saturated heterocycles. The van der Waals surface area contributed by atoms with Crippen LogP contribution in [0.4, 0.5) is 0 Å². The van der Waals surface area contributed by atoms with Crippen molar-refractivity contribution in [3.05, 3.63) is 36.4 Å². The molecule has 1 atom stereocenters. The first-order valence-electron chi connectivity index (χ1n) is 4.74. The lowest BCUT2D eigenvalue weighted by molar-refractivity contribution is 0.692. The van der Waals surface area contributed by atoms with Gasteiger partial charge in [-0.05, 0) is 24.5 Å². The Bertz CT molecular complexity index is 403. The molecule has 0 fully saturated rings. The molecule has 0 amide bonds. The molecule has 0 aromatic carbocycles. The van der Waals surface area contributed by atoms with Gasteiger partial charge in [0.25, 0.3) is 0 Å². The highest BCUT2D eigenvalue weighted by Crippen LogP contribution is 2.18. The normalized spacial score (nSPS) is 13.4. The second-order valence-electron chi connectivity index (χ2n) is 3.44. The molecule has 2 heteroatoms. The molecule has 68 valence electrons. The average Bonchev–Trinajstić information content (AvgIpc) is 2.63. The summed E-state index contributed by atoms with van der Waals surface area (Å²) in [6.07, 6.45) is 7.10. The number of hydrogen-bond acceptors (Lipinski definition) is 1. The fraction of sp³-hybridized carbons (Fsp3) is 0.364. The molecule has 13 heavy (non-hydrogen) atoms. The molecule has 0 N–H and O–H groups in total. The number of fused-ring (bicyclic) bond motifs is 1. The Balaban J connectivity index is 2.60. The van der Waals surface area contributed by atoms with E-state index in [2.05, 4.69) is 41.6 Å². The van der Waals surface area contributed by atoms with E-state index in [0.717, 1.165) is 6.42 Å². The first-order valence-corrected chi connectivity index (χ1v) is 4.74. The van der Waals surface area contributed by atoms with E-state index in [1.807, 2.05) is 12.4 Å². The van der Waals surface area contributed by atoms with Crippen molar-refractivity contribution in [2.75, 3.05) is 0 Å². The summed E-state index contributed by atoms with van der Waals surface area (Å²) < 4.78 is 2.21. The van der Waals surface area contributed by atoms with E-state index < -0.39 is 0 Å². The Morgan fingerprint density at radius 3 is 3.08 bits per heavy atom.